The number of thiocarbonyl (C=S) groups is 1. The summed E-state index contributed by atoms with van der Waals surface area (Å²) in [5.41, 5.74) is 0.992. The Balaban J connectivity index is 2.36. The zero-order chi connectivity index (χ0) is 10.4. The number of benzene rings is 1. The molecular weight excluding hydrogens is 192 g/mol. The largest absolute Gasteiger partial charge is 0.483 e. The molecule has 0 amide bonds. The second kappa shape index (κ2) is 5.76. The average molecular weight is 208 g/mol. The van der Waals surface area contributed by atoms with E-state index in [2.05, 4.69) is 13.8 Å². The fourth-order valence-corrected chi connectivity index (χ4v) is 1.26. The topological polar surface area (TPSA) is 9.23 Å². The maximum absolute atomic E-state index is 5.47. The number of ether oxygens (including phenoxy) is 1. The monoisotopic (exact) mass is 208 g/mol. The third-order valence-corrected chi connectivity index (χ3v) is 2.29. The van der Waals surface area contributed by atoms with E-state index in [9.17, 15) is 0 Å². The van der Waals surface area contributed by atoms with Crippen LogP contribution < -0.4 is 0 Å². The summed E-state index contributed by atoms with van der Waals surface area (Å²) < 4.78 is 5.47. The summed E-state index contributed by atoms with van der Waals surface area (Å²) in [4.78, 5) is 0. The smallest absolute Gasteiger partial charge is 0.191 e. The van der Waals surface area contributed by atoms with Gasteiger partial charge in [0.2, 0.25) is 0 Å². The van der Waals surface area contributed by atoms with Gasteiger partial charge in [-0.25, -0.2) is 0 Å². The first-order valence-corrected chi connectivity index (χ1v) is 5.33. The van der Waals surface area contributed by atoms with Gasteiger partial charge in [0.15, 0.2) is 5.05 Å². The van der Waals surface area contributed by atoms with Gasteiger partial charge < -0.3 is 4.74 Å². The molecule has 0 atom stereocenters. The van der Waals surface area contributed by atoms with Crippen LogP contribution in [0.25, 0.3) is 0 Å². The van der Waals surface area contributed by atoms with E-state index in [0.29, 0.717) is 17.6 Å². The highest BCUT2D eigenvalue weighted by Gasteiger charge is 2.01. The standard InChI is InChI=1S/C12H16OS/c1-10(2)8-9-13-12(14)11-6-4-3-5-7-11/h3-7,10H,8-9H2,1-2H3. The van der Waals surface area contributed by atoms with E-state index >= 15 is 0 Å². The molecule has 0 fully saturated rings. The summed E-state index contributed by atoms with van der Waals surface area (Å²) >= 11 is 5.15. The third kappa shape index (κ3) is 3.88. The molecule has 0 heterocycles. The van der Waals surface area contributed by atoms with Gasteiger partial charge in [-0.15, -0.1) is 0 Å². The number of rotatable bonds is 4. The van der Waals surface area contributed by atoms with Crippen LogP contribution in [0.2, 0.25) is 0 Å². The van der Waals surface area contributed by atoms with Crippen molar-refractivity contribution in [2.45, 2.75) is 20.3 Å². The van der Waals surface area contributed by atoms with Gasteiger partial charge in [0, 0.05) is 5.56 Å². The minimum absolute atomic E-state index is 0.603. The van der Waals surface area contributed by atoms with E-state index in [4.69, 9.17) is 17.0 Å². The molecular formula is C12H16OS. The van der Waals surface area contributed by atoms with Gasteiger partial charge in [0.1, 0.15) is 0 Å². The molecule has 0 radical (unpaired) electrons. The zero-order valence-electron chi connectivity index (χ0n) is 8.69. The highest BCUT2D eigenvalue weighted by molar-refractivity contribution is 7.80. The summed E-state index contributed by atoms with van der Waals surface area (Å²) in [7, 11) is 0. The normalized spacial score (nSPS) is 10.2. The lowest BCUT2D eigenvalue weighted by atomic mass is 10.1. The van der Waals surface area contributed by atoms with E-state index in [1.807, 2.05) is 30.3 Å². The van der Waals surface area contributed by atoms with Crippen LogP contribution >= 0.6 is 12.2 Å². The number of hydrogen-bond acceptors (Lipinski definition) is 2. The molecule has 0 aromatic heterocycles. The average Bonchev–Trinajstić information content (AvgIpc) is 2.18. The van der Waals surface area contributed by atoms with Gasteiger partial charge in [-0.3, -0.25) is 0 Å². The van der Waals surface area contributed by atoms with E-state index in [1.165, 1.54) is 0 Å². The fourth-order valence-electron chi connectivity index (χ4n) is 1.04. The molecule has 2 heteroatoms. The first kappa shape index (κ1) is 11.2. The van der Waals surface area contributed by atoms with Gasteiger partial charge in [-0.2, -0.15) is 0 Å². The summed E-state index contributed by atoms with van der Waals surface area (Å²) in [6.45, 7) is 5.06. The van der Waals surface area contributed by atoms with Crippen LogP contribution in [0.5, 0.6) is 0 Å². The summed E-state index contributed by atoms with van der Waals surface area (Å²) in [6.07, 6.45) is 1.05. The Morgan fingerprint density at radius 1 is 1.29 bits per heavy atom. The molecule has 76 valence electrons. The van der Waals surface area contributed by atoms with Crippen LogP contribution in [0, 0.1) is 5.92 Å². The lowest BCUT2D eigenvalue weighted by Crippen LogP contribution is -2.06. The quantitative estimate of drug-likeness (QED) is 0.701. The van der Waals surface area contributed by atoms with Crippen molar-refractivity contribution in [2.75, 3.05) is 6.61 Å². The molecule has 0 N–H and O–H groups in total. The fraction of sp³-hybridized carbons (Fsp3) is 0.417. The molecule has 0 aliphatic carbocycles. The summed E-state index contributed by atoms with van der Waals surface area (Å²) in [5.74, 6) is 0.661. The summed E-state index contributed by atoms with van der Waals surface area (Å²) in [5, 5.41) is 0.603. The van der Waals surface area contributed by atoms with Gasteiger partial charge >= 0.3 is 0 Å². The molecule has 0 saturated carbocycles. The lowest BCUT2D eigenvalue weighted by Gasteiger charge is -2.08. The van der Waals surface area contributed by atoms with Crippen molar-refractivity contribution >= 4 is 17.3 Å². The van der Waals surface area contributed by atoms with Crippen molar-refractivity contribution in [1.82, 2.24) is 0 Å². The van der Waals surface area contributed by atoms with Crippen molar-refractivity contribution in [2.24, 2.45) is 5.92 Å². The molecule has 1 nitrogen and oxygen atoms in total. The van der Waals surface area contributed by atoms with Crippen LogP contribution in [0.15, 0.2) is 30.3 Å². The predicted molar refractivity (Wildman–Crippen MR) is 63.5 cm³/mol. The Bertz CT molecular complexity index is 280. The van der Waals surface area contributed by atoms with Crippen LogP contribution in [0.4, 0.5) is 0 Å². The van der Waals surface area contributed by atoms with Crippen molar-refractivity contribution in [3.63, 3.8) is 0 Å². The minimum atomic E-state index is 0.603. The third-order valence-electron chi connectivity index (χ3n) is 1.94. The molecule has 0 aliphatic rings. The molecule has 14 heavy (non-hydrogen) atoms. The highest BCUT2D eigenvalue weighted by Crippen LogP contribution is 2.05. The molecule has 1 rings (SSSR count). The molecule has 0 aliphatic heterocycles. The van der Waals surface area contributed by atoms with Crippen molar-refractivity contribution in [3.8, 4) is 0 Å². The molecule has 1 aromatic carbocycles. The maximum Gasteiger partial charge on any atom is 0.191 e. The van der Waals surface area contributed by atoms with Crippen molar-refractivity contribution in [3.05, 3.63) is 35.9 Å². The predicted octanol–water partition coefficient (Wildman–Crippen LogP) is 3.42. The van der Waals surface area contributed by atoms with Crippen molar-refractivity contribution < 1.29 is 4.74 Å². The van der Waals surface area contributed by atoms with Crippen LogP contribution in [-0.2, 0) is 4.74 Å². The lowest BCUT2D eigenvalue weighted by molar-refractivity contribution is 0.285. The first-order valence-electron chi connectivity index (χ1n) is 4.92. The van der Waals surface area contributed by atoms with Gasteiger partial charge in [-0.05, 0) is 24.6 Å². The van der Waals surface area contributed by atoms with Gasteiger partial charge in [-0.1, -0.05) is 44.2 Å². The molecule has 0 unspecified atom stereocenters. The maximum atomic E-state index is 5.47. The molecule has 0 bridgehead atoms. The highest BCUT2D eigenvalue weighted by atomic mass is 32.1. The van der Waals surface area contributed by atoms with E-state index in [0.717, 1.165) is 12.0 Å². The Hall–Kier alpha value is -0.890. The molecule has 1 aromatic rings. The van der Waals surface area contributed by atoms with Gasteiger partial charge in [0.05, 0.1) is 6.61 Å². The molecule has 0 spiro atoms. The van der Waals surface area contributed by atoms with Crippen LogP contribution in [-0.4, -0.2) is 11.7 Å². The Morgan fingerprint density at radius 2 is 1.93 bits per heavy atom. The number of hydrogen-bond donors (Lipinski definition) is 0. The Morgan fingerprint density at radius 3 is 2.50 bits per heavy atom. The first-order chi connectivity index (χ1) is 6.70. The summed E-state index contributed by atoms with van der Waals surface area (Å²) in [6, 6.07) is 9.84. The second-order valence-corrected chi connectivity index (χ2v) is 4.06. The Kier molecular flexibility index (Phi) is 4.60. The van der Waals surface area contributed by atoms with E-state index < -0.39 is 0 Å². The zero-order valence-corrected chi connectivity index (χ0v) is 9.51. The van der Waals surface area contributed by atoms with E-state index in [-0.39, 0.29) is 0 Å². The molecule has 0 saturated heterocycles. The van der Waals surface area contributed by atoms with Crippen LogP contribution in [0.3, 0.4) is 0 Å². The van der Waals surface area contributed by atoms with Crippen LogP contribution in [0.1, 0.15) is 25.8 Å². The van der Waals surface area contributed by atoms with Crippen molar-refractivity contribution in [1.29, 1.82) is 0 Å². The SMILES string of the molecule is CC(C)CCOC(=S)c1ccccc1. The second-order valence-electron chi connectivity index (χ2n) is 3.68. The minimum Gasteiger partial charge on any atom is -0.483 e. The van der Waals surface area contributed by atoms with Gasteiger partial charge in [0.25, 0.3) is 0 Å². The van der Waals surface area contributed by atoms with E-state index in [1.54, 1.807) is 0 Å². The Labute approximate surface area is 91.1 Å².